The monoisotopic (exact) mass is 432 g/mol. The molecule has 5 rings (SSSR count). The maximum absolute atomic E-state index is 12.8. The number of nitrogens with zero attached hydrogens (tertiary/aromatic N) is 5. The lowest BCUT2D eigenvalue weighted by Gasteiger charge is -2.06. The average molecular weight is 433 g/mol. The second kappa shape index (κ2) is 8.08. The van der Waals surface area contributed by atoms with Crippen LogP contribution in [0.25, 0.3) is 22.8 Å². The van der Waals surface area contributed by atoms with E-state index < -0.39 is 0 Å². The summed E-state index contributed by atoms with van der Waals surface area (Å²) < 4.78 is 9.07. The van der Waals surface area contributed by atoms with Gasteiger partial charge >= 0.3 is 0 Å². The third-order valence-electron chi connectivity index (χ3n) is 4.79. The lowest BCUT2D eigenvalue weighted by molar-refractivity contribution is 0.0948. The molecule has 0 spiro atoms. The highest BCUT2D eigenvalue weighted by molar-refractivity contribution is 6.30. The van der Waals surface area contributed by atoms with Gasteiger partial charge in [0.15, 0.2) is 17.1 Å². The van der Waals surface area contributed by atoms with Crippen molar-refractivity contribution in [1.82, 2.24) is 29.7 Å². The molecule has 0 atom stereocenters. The molecule has 154 valence electrons. The van der Waals surface area contributed by atoms with E-state index in [2.05, 4.69) is 20.6 Å². The van der Waals surface area contributed by atoms with Gasteiger partial charge in [-0.1, -0.05) is 23.7 Å². The Balaban J connectivity index is 1.37. The van der Waals surface area contributed by atoms with Crippen LogP contribution >= 0.6 is 11.6 Å². The van der Waals surface area contributed by atoms with E-state index in [0.717, 1.165) is 17.2 Å². The first-order chi connectivity index (χ1) is 15.2. The van der Waals surface area contributed by atoms with Gasteiger partial charge in [-0.05, 0) is 42.5 Å². The number of nitrogens with one attached hydrogen (secondary N) is 1. The molecular formula is C22H17ClN6O2. The van der Waals surface area contributed by atoms with Gasteiger partial charge in [0.25, 0.3) is 5.91 Å². The Kier molecular flexibility index (Phi) is 4.97. The van der Waals surface area contributed by atoms with E-state index in [9.17, 15) is 4.79 Å². The first kappa shape index (κ1) is 19.1. The molecular weight excluding hydrogens is 416 g/mol. The fourth-order valence-corrected chi connectivity index (χ4v) is 3.52. The number of aromatic nitrogens is 5. The molecule has 1 N–H and O–H groups in total. The van der Waals surface area contributed by atoms with Crippen LogP contribution in [0.4, 0.5) is 0 Å². The summed E-state index contributed by atoms with van der Waals surface area (Å²) >= 11 is 6.14. The number of furan rings is 1. The summed E-state index contributed by atoms with van der Waals surface area (Å²) in [6, 6.07) is 18.2. The Morgan fingerprint density at radius 3 is 2.84 bits per heavy atom. The number of carbonyl (C=O) groups is 1. The van der Waals surface area contributed by atoms with Crippen LogP contribution in [0, 0.1) is 0 Å². The Bertz CT molecular complexity index is 1360. The van der Waals surface area contributed by atoms with Crippen LogP contribution < -0.4 is 5.32 Å². The summed E-state index contributed by atoms with van der Waals surface area (Å²) in [5.41, 5.74) is 2.43. The number of hydrogen-bond donors (Lipinski definition) is 1. The normalized spacial score (nSPS) is 11.1. The van der Waals surface area contributed by atoms with Crippen molar-refractivity contribution in [3.63, 3.8) is 0 Å². The van der Waals surface area contributed by atoms with Gasteiger partial charge in [-0.2, -0.15) is 5.10 Å². The quantitative estimate of drug-likeness (QED) is 0.440. The SMILES string of the molecule is O=C(NCCc1nnc2ccccn12)c1cc(-c2ccco2)n(-c2cccc(Cl)c2)n1. The van der Waals surface area contributed by atoms with E-state index in [1.165, 1.54) is 0 Å². The molecule has 4 aromatic heterocycles. The maximum atomic E-state index is 12.8. The molecule has 0 bridgehead atoms. The van der Waals surface area contributed by atoms with Gasteiger partial charge in [0, 0.05) is 30.3 Å². The Hall–Kier alpha value is -3.91. The highest BCUT2D eigenvalue weighted by Gasteiger charge is 2.18. The largest absolute Gasteiger partial charge is 0.463 e. The molecule has 4 heterocycles. The minimum atomic E-state index is -0.289. The van der Waals surface area contributed by atoms with Crippen molar-refractivity contribution in [1.29, 1.82) is 0 Å². The Morgan fingerprint density at radius 2 is 2.00 bits per heavy atom. The lowest BCUT2D eigenvalue weighted by atomic mass is 10.2. The first-order valence-corrected chi connectivity index (χ1v) is 10.0. The van der Waals surface area contributed by atoms with Gasteiger partial charge in [0.05, 0.1) is 12.0 Å². The molecule has 0 radical (unpaired) electrons. The van der Waals surface area contributed by atoms with Gasteiger partial charge in [0.2, 0.25) is 0 Å². The van der Waals surface area contributed by atoms with Crippen molar-refractivity contribution >= 4 is 23.2 Å². The number of benzene rings is 1. The highest BCUT2D eigenvalue weighted by atomic mass is 35.5. The molecule has 1 aromatic carbocycles. The zero-order chi connectivity index (χ0) is 21.2. The van der Waals surface area contributed by atoms with Crippen LogP contribution in [0.5, 0.6) is 0 Å². The molecule has 0 aliphatic rings. The molecule has 0 aliphatic heterocycles. The number of amides is 1. The van der Waals surface area contributed by atoms with Crippen LogP contribution in [0.1, 0.15) is 16.3 Å². The number of rotatable bonds is 6. The van der Waals surface area contributed by atoms with E-state index in [4.69, 9.17) is 16.0 Å². The van der Waals surface area contributed by atoms with E-state index in [-0.39, 0.29) is 11.6 Å². The Morgan fingerprint density at radius 1 is 1.06 bits per heavy atom. The fourth-order valence-electron chi connectivity index (χ4n) is 3.34. The average Bonchev–Trinajstić information content (AvgIpc) is 3.53. The second-order valence-electron chi connectivity index (χ2n) is 6.83. The number of halogens is 1. The maximum Gasteiger partial charge on any atom is 0.271 e. The second-order valence-corrected chi connectivity index (χ2v) is 7.27. The molecule has 0 fully saturated rings. The summed E-state index contributed by atoms with van der Waals surface area (Å²) in [6.07, 6.45) is 4.01. The number of hydrogen-bond acceptors (Lipinski definition) is 5. The summed E-state index contributed by atoms with van der Waals surface area (Å²) in [5.74, 6) is 1.08. The lowest BCUT2D eigenvalue weighted by Crippen LogP contribution is -2.26. The van der Waals surface area contributed by atoms with Crippen LogP contribution in [-0.2, 0) is 6.42 Å². The van der Waals surface area contributed by atoms with Crippen molar-refractivity contribution in [2.75, 3.05) is 6.54 Å². The van der Waals surface area contributed by atoms with Gasteiger partial charge in [0.1, 0.15) is 11.5 Å². The molecule has 0 unspecified atom stereocenters. The Labute approximate surface area is 182 Å². The number of carbonyl (C=O) groups excluding carboxylic acids is 1. The van der Waals surface area contributed by atoms with Gasteiger partial charge in [-0.25, -0.2) is 4.68 Å². The van der Waals surface area contributed by atoms with Crippen LogP contribution in [0.2, 0.25) is 5.02 Å². The topological polar surface area (TPSA) is 90.3 Å². The molecule has 0 saturated carbocycles. The van der Waals surface area contributed by atoms with Crippen molar-refractivity contribution in [2.24, 2.45) is 0 Å². The minimum Gasteiger partial charge on any atom is -0.463 e. The van der Waals surface area contributed by atoms with Crippen LogP contribution in [-0.4, -0.2) is 36.8 Å². The third-order valence-corrected chi connectivity index (χ3v) is 5.02. The zero-order valence-electron chi connectivity index (χ0n) is 16.3. The van der Waals surface area contributed by atoms with Gasteiger partial charge < -0.3 is 9.73 Å². The third kappa shape index (κ3) is 3.80. The van der Waals surface area contributed by atoms with Crippen molar-refractivity contribution in [3.05, 3.63) is 89.7 Å². The fraction of sp³-hybridized carbons (Fsp3) is 0.0909. The van der Waals surface area contributed by atoms with E-state index >= 15 is 0 Å². The first-order valence-electron chi connectivity index (χ1n) is 9.66. The number of pyridine rings is 1. The summed E-state index contributed by atoms with van der Waals surface area (Å²) in [6.45, 7) is 0.397. The van der Waals surface area contributed by atoms with Crippen molar-refractivity contribution < 1.29 is 9.21 Å². The van der Waals surface area contributed by atoms with Crippen LogP contribution in [0.3, 0.4) is 0 Å². The van der Waals surface area contributed by atoms with Crippen molar-refractivity contribution in [2.45, 2.75) is 6.42 Å². The molecule has 5 aromatic rings. The highest BCUT2D eigenvalue weighted by Crippen LogP contribution is 2.25. The summed E-state index contributed by atoms with van der Waals surface area (Å²) in [5, 5.41) is 16.3. The smallest absolute Gasteiger partial charge is 0.271 e. The van der Waals surface area contributed by atoms with Crippen molar-refractivity contribution in [3.8, 4) is 17.1 Å². The van der Waals surface area contributed by atoms with Gasteiger partial charge in [-0.15, -0.1) is 10.2 Å². The predicted octanol–water partition coefficient (Wildman–Crippen LogP) is 3.80. The molecule has 8 nitrogen and oxygen atoms in total. The standard InChI is InChI=1S/C22H17ClN6O2/c23-15-5-3-6-16(13-15)29-18(19-7-4-12-31-19)14-17(27-29)22(30)24-10-9-21-26-25-20-8-1-2-11-28(20)21/h1-8,11-14H,9-10H2,(H,24,30). The molecule has 1 amide bonds. The predicted molar refractivity (Wildman–Crippen MR) is 115 cm³/mol. The van der Waals surface area contributed by atoms with E-state index in [1.54, 1.807) is 35.2 Å². The summed E-state index contributed by atoms with van der Waals surface area (Å²) in [4.78, 5) is 12.8. The minimum absolute atomic E-state index is 0.275. The molecule has 0 aliphatic carbocycles. The zero-order valence-corrected chi connectivity index (χ0v) is 17.0. The molecule has 0 saturated heterocycles. The van der Waals surface area contributed by atoms with E-state index in [1.807, 2.05) is 47.0 Å². The molecule has 9 heteroatoms. The number of fused-ring (bicyclic) bond motifs is 1. The van der Waals surface area contributed by atoms with Crippen LogP contribution in [0.15, 0.2) is 77.5 Å². The van der Waals surface area contributed by atoms with Gasteiger partial charge in [-0.3, -0.25) is 9.20 Å². The molecule has 31 heavy (non-hydrogen) atoms. The van der Waals surface area contributed by atoms with E-state index in [0.29, 0.717) is 29.4 Å². The summed E-state index contributed by atoms with van der Waals surface area (Å²) in [7, 11) is 0.